The zero-order chi connectivity index (χ0) is 10.9. The van der Waals surface area contributed by atoms with E-state index in [4.69, 9.17) is 9.47 Å². The zero-order valence-electron chi connectivity index (χ0n) is 10.3. The van der Waals surface area contributed by atoms with Gasteiger partial charge in [0.1, 0.15) is 0 Å². The van der Waals surface area contributed by atoms with E-state index in [1.54, 1.807) is 0 Å². The third kappa shape index (κ3) is 5.53. The molecule has 2 atom stereocenters. The van der Waals surface area contributed by atoms with E-state index in [1.807, 2.05) is 0 Å². The van der Waals surface area contributed by atoms with E-state index in [1.165, 1.54) is 32.1 Å². The second kappa shape index (κ2) is 8.12. The first kappa shape index (κ1) is 13.0. The summed E-state index contributed by atoms with van der Waals surface area (Å²) < 4.78 is 10.9. The summed E-state index contributed by atoms with van der Waals surface area (Å²) in [5.74, 6) is 0.760. The van der Waals surface area contributed by atoms with E-state index in [9.17, 15) is 0 Å². The molecule has 1 aliphatic rings. The van der Waals surface area contributed by atoms with Crippen LogP contribution >= 0.6 is 0 Å². The van der Waals surface area contributed by atoms with Crippen molar-refractivity contribution in [2.24, 2.45) is 5.92 Å². The van der Waals surface area contributed by atoms with Crippen molar-refractivity contribution >= 4 is 0 Å². The van der Waals surface area contributed by atoms with Crippen molar-refractivity contribution in [2.45, 2.75) is 58.5 Å². The van der Waals surface area contributed by atoms with Gasteiger partial charge < -0.3 is 9.47 Å². The highest BCUT2D eigenvalue weighted by Crippen LogP contribution is 2.24. The molecular formula is C13H26O2. The third-order valence-corrected chi connectivity index (χ3v) is 3.17. The highest BCUT2D eigenvalue weighted by molar-refractivity contribution is 4.72. The lowest BCUT2D eigenvalue weighted by Gasteiger charge is -2.32. The van der Waals surface area contributed by atoms with Crippen LogP contribution in [-0.4, -0.2) is 25.9 Å². The Balaban J connectivity index is 1.79. The van der Waals surface area contributed by atoms with Crippen LogP contribution in [0.4, 0.5) is 0 Å². The molecule has 90 valence electrons. The maximum absolute atomic E-state index is 5.48. The van der Waals surface area contributed by atoms with Gasteiger partial charge in [0, 0.05) is 19.8 Å². The molecule has 1 saturated heterocycles. The Morgan fingerprint density at radius 1 is 1.27 bits per heavy atom. The van der Waals surface area contributed by atoms with Crippen LogP contribution in [0.2, 0.25) is 0 Å². The fourth-order valence-electron chi connectivity index (χ4n) is 1.98. The molecule has 0 aliphatic carbocycles. The molecule has 15 heavy (non-hydrogen) atoms. The average molecular weight is 214 g/mol. The van der Waals surface area contributed by atoms with Crippen LogP contribution in [0.5, 0.6) is 0 Å². The molecule has 0 spiro atoms. The van der Waals surface area contributed by atoms with Gasteiger partial charge in [0.05, 0.1) is 6.10 Å². The average Bonchev–Trinajstić information content (AvgIpc) is 2.14. The van der Waals surface area contributed by atoms with Gasteiger partial charge in [0.15, 0.2) is 0 Å². The second-order valence-corrected chi connectivity index (χ2v) is 4.64. The fraction of sp³-hybridized carbons (Fsp3) is 1.00. The molecule has 0 saturated carbocycles. The van der Waals surface area contributed by atoms with E-state index in [2.05, 4.69) is 13.8 Å². The summed E-state index contributed by atoms with van der Waals surface area (Å²) >= 11 is 0. The summed E-state index contributed by atoms with van der Waals surface area (Å²) in [4.78, 5) is 0. The molecule has 2 heteroatoms. The lowest BCUT2D eigenvalue weighted by molar-refractivity contribution is -0.0824. The van der Waals surface area contributed by atoms with Crippen LogP contribution in [0, 0.1) is 5.92 Å². The van der Waals surface area contributed by atoms with Gasteiger partial charge in [-0.25, -0.2) is 0 Å². The molecule has 0 N–H and O–H groups in total. The molecule has 1 heterocycles. The van der Waals surface area contributed by atoms with Crippen molar-refractivity contribution in [1.82, 2.24) is 0 Å². The van der Waals surface area contributed by atoms with Gasteiger partial charge in [-0.1, -0.05) is 26.7 Å². The van der Waals surface area contributed by atoms with Crippen LogP contribution < -0.4 is 0 Å². The van der Waals surface area contributed by atoms with Gasteiger partial charge in [0.2, 0.25) is 0 Å². The maximum Gasteiger partial charge on any atom is 0.0622 e. The molecule has 0 aromatic heterocycles. The number of unbranched alkanes of at least 4 members (excludes halogenated alkanes) is 2. The lowest BCUT2D eigenvalue weighted by Crippen LogP contribution is -2.32. The monoisotopic (exact) mass is 214 g/mol. The van der Waals surface area contributed by atoms with Gasteiger partial charge in [0.25, 0.3) is 0 Å². The van der Waals surface area contributed by atoms with E-state index in [-0.39, 0.29) is 0 Å². The Hall–Kier alpha value is -0.0800. The summed E-state index contributed by atoms with van der Waals surface area (Å²) in [5.41, 5.74) is 0. The van der Waals surface area contributed by atoms with Gasteiger partial charge in [-0.15, -0.1) is 0 Å². The number of ether oxygens (including phenoxy) is 2. The molecule has 0 bridgehead atoms. The van der Waals surface area contributed by atoms with Crippen molar-refractivity contribution in [3.63, 3.8) is 0 Å². The summed E-state index contributed by atoms with van der Waals surface area (Å²) in [5, 5.41) is 0. The number of rotatable bonds is 9. The Bertz CT molecular complexity index is 143. The molecular weight excluding hydrogens is 188 g/mol. The van der Waals surface area contributed by atoms with E-state index >= 15 is 0 Å². The number of hydrogen-bond acceptors (Lipinski definition) is 2. The normalized spacial score (nSPS) is 22.4. The first-order valence-electron chi connectivity index (χ1n) is 6.54. The Morgan fingerprint density at radius 3 is 2.67 bits per heavy atom. The van der Waals surface area contributed by atoms with Crippen molar-refractivity contribution < 1.29 is 9.47 Å². The Morgan fingerprint density at radius 2 is 2.07 bits per heavy atom. The van der Waals surface area contributed by atoms with Crippen LogP contribution in [0.25, 0.3) is 0 Å². The fourth-order valence-corrected chi connectivity index (χ4v) is 1.98. The molecule has 1 aliphatic heterocycles. The van der Waals surface area contributed by atoms with Crippen LogP contribution in [0.3, 0.4) is 0 Å². The molecule has 2 unspecified atom stereocenters. The minimum atomic E-state index is 0.571. The van der Waals surface area contributed by atoms with Gasteiger partial charge >= 0.3 is 0 Å². The van der Waals surface area contributed by atoms with E-state index in [0.717, 1.165) is 32.2 Å². The van der Waals surface area contributed by atoms with Crippen molar-refractivity contribution in [3.05, 3.63) is 0 Å². The molecule has 2 nitrogen and oxygen atoms in total. The van der Waals surface area contributed by atoms with Gasteiger partial charge in [-0.2, -0.15) is 0 Å². The molecule has 0 aromatic rings. The smallest absolute Gasteiger partial charge is 0.0622 e. The molecule has 0 aromatic carbocycles. The van der Waals surface area contributed by atoms with Crippen LogP contribution in [-0.2, 0) is 9.47 Å². The number of hydrogen-bond donors (Lipinski definition) is 0. The molecule has 1 rings (SSSR count). The standard InChI is InChI=1S/C13H26O2/c1-3-9-14-10-6-4-5-7-12(2)13-8-11-15-13/h12-13H,3-11H2,1-2H3. The summed E-state index contributed by atoms with van der Waals surface area (Å²) in [7, 11) is 0. The summed E-state index contributed by atoms with van der Waals surface area (Å²) in [6, 6.07) is 0. The predicted molar refractivity (Wildman–Crippen MR) is 63.1 cm³/mol. The highest BCUT2D eigenvalue weighted by atomic mass is 16.5. The van der Waals surface area contributed by atoms with Crippen molar-refractivity contribution in [3.8, 4) is 0 Å². The van der Waals surface area contributed by atoms with E-state index in [0.29, 0.717) is 6.10 Å². The third-order valence-electron chi connectivity index (χ3n) is 3.17. The Labute approximate surface area is 94.3 Å². The summed E-state index contributed by atoms with van der Waals surface area (Å²) in [6.45, 7) is 7.33. The summed E-state index contributed by atoms with van der Waals surface area (Å²) in [6.07, 6.45) is 8.16. The SMILES string of the molecule is CCCOCCCCCC(C)C1CCO1. The maximum atomic E-state index is 5.48. The molecule has 0 radical (unpaired) electrons. The first-order valence-corrected chi connectivity index (χ1v) is 6.54. The molecule has 1 fully saturated rings. The second-order valence-electron chi connectivity index (χ2n) is 4.64. The minimum Gasteiger partial charge on any atom is -0.381 e. The van der Waals surface area contributed by atoms with Gasteiger partial charge in [-0.3, -0.25) is 0 Å². The van der Waals surface area contributed by atoms with Crippen LogP contribution in [0.15, 0.2) is 0 Å². The van der Waals surface area contributed by atoms with Gasteiger partial charge in [-0.05, 0) is 31.6 Å². The van der Waals surface area contributed by atoms with Crippen molar-refractivity contribution in [1.29, 1.82) is 0 Å². The topological polar surface area (TPSA) is 18.5 Å². The lowest BCUT2D eigenvalue weighted by atomic mass is 9.93. The first-order chi connectivity index (χ1) is 7.34. The predicted octanol–water partition coefficient (Wildman–Crippen LogP) is 3.40. The van der Waals surface area contributed by atoms with Crippen molar-refractivity contribution in [2.75, 3.05) is 19.8 Å². The molecule has 0 amide bonds. The Kier molecular flexibility index (Phi) is 7.03. The quantitative estimate of drug-likeness (QED) is 0.548. The zero-order valence-corrected chi connectivity index (χ0v) is 10.3. The highest BCUT2D eigenvalue weighted by Gasteiger charge is 2.23. The van der Waals surface area contributed by atoms with Crippen LogP contribution in [0.1, 0.15) is 52.4 Å². The largest absolute Gasteiger partial charge is 0.381 e. The van der Waals surface area contributed by atoms with E-state index < -0.39 is 0 Å². The minimum absolute atomic E-state index is 0.571.